The van der Waals surface area contributed by atoms with Crippen molar-refractivity contribution in [3.05, 3.63) is 76.6 Å². The van der Waals surface area contributed by atoms with Gasteiger partial charge < -0.3 is 29.5 Å². The zero-order valence-electron chi connectivity index (χ0n) is 28.2. The minimum Gasteiger partial charge on any atom is -0.494 e. The third-order valence-corrected chi connectivity index (χ3v) is 7.79. The summed E-state index contributed by atoms with van der Waals surface area (Å²) in [7, 11) is 1.52. The third-order valence-electron chi connectivity index (χ3n) is 7.79. The normalized spacial score (nSPS) is 14.5. The van der Waals surface area contributed by atoms with Crippen molar-refractivity contribution in [2.75, 3.05) is 25.5 Å². The number of aryl methyl sites for hydroxylation is 1. The van der Waals surface area contributed by atoms with E-state index in [1.165, 1.54) is 7.11 Å². The van der Waals surface area contributed by atoms with Crippen molar-refractivity contribution < 1.29 is 33.7 Å². The van der Waals surface area contributed by atoms with Crippen LogP contribution in [-0.2, 0) is 28.0 Å². The smallest absolute Gasteiger partial charge is 0.494 e. The average Bonchev–Trinajstić information content (AvgIpc) is 2.97. The molecule has 0 bridgehead atoms. The predicted octanol–water partition coefficient (Wildman–Crippen LogP) is 7.35. The van der Waals surface area contributed by atoms with Crippen molar-refractivity contribution in [1.82, 2.24) is 10.0 Å². The van der Waals surface area contributed by atoms with E-state index in [1.54, 1.807) is 50.2 Å². The number of ether oxygens (including phenoxy) is 3. The number of hydrogen-bond donors (Lipinski definition) is 2. The molecule has 10 nitrogen and oxygen atoms in total. The number of nitrogens with zero attached hydrogens (tertiary/aromatic N) is 2. The average molecular weight is 634 g/mol. The number of methoxy groups -OCH3 is 1. The molecule has 0 saturated carbocycles. The highest BCUT2D eigenvalue weighted by Crippen LogP contribution is 2.36. The van der Waals surface area contributed by atoms with Crippen LogP contribution >= 0.6 is 0 Å². The standard InChI is InChI=1S/C36H47N3O7/c1-23-9-10-25(33(41)38-30-20-27(35(2,3)4)18-26(22-40)32(30)43-8)19-31(23)44-29-11-14-37-28(21-29)17-24-12-15-39(16-13-24)46-34(42)45-36(5,6)7/h9-11,14,18-21,24,40H,12-13,15-17,22H2,1-8H3,(H,38,41). The number of amides is 1. The first-order chi connectivity index (χ1) is 21.6. The fourth-order valence-electron chi connectivity index (χ4n) is 5.25. The van der Waals surface area contributed by atoms with Crippen LogP contribution < -0.4 is 14.8 Å². The molecule has 0 unspecified atom stereocenters. The van der Waals surface area contributed by atoms with Gasteiger partial charge in [0, 0.05) is 42.2 Å². The van der Waals surface area contributed by atoms with Gasteiger partial charge in [0.15, 0.2) is 0 Å². The number of benzene rings is 2. The summed E-state index contributed by atoms with van der Waals surface area (Å²) in [6.07, 6.45) is 3.53. The number of hydroxylamine groups is 2. The number of nitrogens with one attached hydrogen (secondary N) is 1. The first-order valence-corrected chi connectivity index (χ1v) is 15.7. The monoisotopic (exact) mass is 633 g/mol. The topological polar surface area (TPSA) is 119 Å². The van der Waals surface area contributed by atoms with Gasteiger partial charge in [-0.2, -0.15) is 0 Å². The van der Waals surface area contributed by atoms with Crippen molar-refractivity contribution in [2.24, 2.45) is 5.92 Å². The lowest BCUT2D eigenvalue weighted by molar-refractivity contribution is -0.155. The maximum absolute atomic E-state index is 13.4. The highest BCUT2D eigenvalue weighted by Gasteiger charge is 2.26. The molecule has 1 aromatic heterocycles. The highest BCUT2D eigenvalue weighted by molar-refractivity contribution is 6.05. The van der Waals surface area contributed by atoms with Crippen LogP contribution in [0.15, 0.2) is 48.7 Å². The van der Waals surface area contributed by atoms with Crippen molar-refractivity contribution in [3.63, 3.8) is 0 Å². The largest absolute Gasteiger partial charge is 0.528 e. The van der Waals surface area contributed by atoms with E-state index < -0.39 is 11.8 Å². The molecule has 2 heterocycles. The molecule has 46 heavy (non-hydrogen) atoms. The number of hydrogen-bond acceptors (Lipinski definition) is 9. The first kappa shape index (κ1) is 34.7. The molecule has 1 saturated heterocycles. The van der Waals surface area contributed by atoms with E-state index in [9.17, 15) is 14.7 Å². The number of carbonyl (C=O) groups is 2. The van der Waals surface area contributed by atoms with Gasteiger partial charge in [-0.15, -0.1) is 5.06 Å². The maximum Gasteiger partial charge on any atom is 0.528 e. The zero-order valence-corrected chi connectivity index (χ0v) is 28.2. The van der Waals surface area contributed by atoms with Crippen LogP contribution in [0, 0.1) is 12.8 Å². The Labute approximate surface area is 272 Å². The fraction of sp³-hybridized carbons (Fsp3) is 0.472. The molecular weight excluding hydrogens is 586 g/mol. The lowest BCUT2D eigenvalue weighted by Gasteiger charge is -2.30. The summed E-state index contributed by atoms with van der Waals surface area (Å²) < 4.78 is 17.1. The summed E-state index contributed by atoms with van der Waals surface area (Å²) >= 11 is 0. The predicted molar refractivity (Wildman–Crippen MR) is 176 cm³/mol. The molecule has 3 aromatic rings. The van der Waals surface area contributed by atoms with Crippen LogP contribution in [0.4, 0.5) is 10.5 Å². The van der Waals surface area contributed by atoms with Crippen molar-refractivity contribution in [1.29, 1.82) is 0 Å². The SMILES string of the molecule is COc1c(CO)cc(C(C)(C)C)cc1NC(=O)c1ccc(C)c(Oc2ccnc(CC3CCN(OC(=O)OC(C)(C)C)CC3)c2)c1. The second kappa shape index (κ2) is 14.5. The summed E-state index contributed by atoms with van der Waals surface area (Å²) in [6.45, 7) is 14.6. The van der Waals surface area contributed by atoms with E-state index >= 15 is 0 Å². The molecule has 2 N–H and O–H groups in total. The van der Waals surface area contributed by atoms with Gasteiger partial charge in [-0.3, -0.25) is 9.78 Å². The van der Waals surface area contributed by atoms with Crippen LogP contribution in [0.25, 0.3) is 0 Å². The Bertz CT molecular complexity index is 1530. The van der Waals surface area contributed by atoms with E-state index in [0.29, 0.717) is 53.1 Å². The molecule has 0 aliphatic carbocycles. The first-order valence-electron chi connectivity index (χ1n) is 15.7. The molecule has 10 heteroatoms. The van der Waals surface area contributed by atoms with E-state index in [2.05, 4.69) is 31.1 Å². The molecule has 1 fully saturated rings. The van der Waals surface area contributed by atoms with Gasteiger partial charge >= 0.3 is 6.16 Å². The minimum absolute atomic E-state index is 0.197. The van der Waals surface area contributed by atoms with E-state index in [1.807, 2.05) is 31.2 Å². The van der Waals surface area contributed by atoms with Gasteiger partial charge in [-0.05, 0) is 99.7 Å². The lowest BCUT2D eigenvalue weighted by atomic mass is 9.85. The zero-order chi connectivity index (χ0) is 33.6. The molecule has 1 amide bonds. The number of aliphatic hydroxyl groups is 1. The number of aliphatic hydroxyl groups excluding tert-OH is 1. The van der Waals surface area contributed by atoms with Crippen LogP contribution in [0.3, 0.4) is 0 Å². The molecule has 0 atom stereocenters. The molecule has 0 spiro atoms. The van der Waals surface area contributed by atoms with Gasteiger partial charge in [-0.25, -0.2) is 4.79 Å². The minimum atomic E-state index is -0.681. The van der Waals surface area contributed by atoms with Gasteiger partial charge in [0.25, 0.3) is 5.91 Å². The highest BCUT2D eigenvalue weighted by atomic mass is 16.8. The number of rotatable bonds is 9. The van der Waals surface area contributed by atoms with Gasteiger partial charge in [0.1, 0.15) is 22.8 Å². The number of pyridine rings is 1. The van der Waals surface area contributed by atoms with E-state index in [0.717, 1.165) is 36.1 Å². The van der Waals surface area contributed by atoms with Crippen LogP contribution in [0.2, 0.25) is 0 Å². The fourth-order valence-corrected chi connectivity index (χ4v) is 5.25. The molecule has 2 aromatic carbocycles. The number of piperidine rings is 1. The van der Waals surface area contributed by atoms with Gasteiger partial charge in [0.05, 0.1) is 19.4 Å². The van der Waals surface area contributed by atoms with Crippen LogP contribution in [0.5, 0.6) is 17.2 Å². The third kappa shape index (κ3) is 9.43. The molecule has 248 valence electrons. The molecular formula is C36H47N3O7. The number of anilines is 1. The van der Waals surface area contributed by atoms with Gasteiger partial charge in [0.2, 0.25) is 0 Å². The molecule has 4 rings (SSSR count). The van der Waals surface area contributed by atoms with Crippen molar-refractivity contribution in [3.8, 4) is 17.2 Å². The Morgan fingerprint density at radius 2 is 1.74 bits per heavy atom. The maximum atomic E-state index is 13.4. The summed E-state index contributed by atoms with van der Waals surface area (Å²) in [5, 5.41) is 14.6. The summed E-state index contributed by atoms with van der Waals surface area (Å²) in [6, 6.07) is 12.8. The Morgan fingerprint density at radius 3 is 2.37 bits per heavy atom. The Kier molecular flexibility index (Phi) is 11.0. The second-order valence-electron chi connectivity index (χ2n) is 13.8. The number of carbonyl (C=O) groups excluding carboxylic acids is 2. The van der Waals surface area contributed by atoms with Crippen LogP contribution in [0.1, 0.15) is 87.1 Å². The van der Waals surface area contributed by atoms with E-state index in [-0.39, 0.29) is 17.9 Å². The summed E-state index contributed by atoms with van der Waals surface area (Å²) in [5.41, 5.74) is 3.47. The summed E-state index contributed by atoms with van der Waals surface area (Å²) in [5.74, 6) is 1.68. The quantitative estimate of drug-likeness (QED) is 0.233. The van der Waals surface area contributed by atoms with Gasteiger partial charge in [-0.1, -0.05) is 26.8 Å². The molecule has 1 aliphatic rings. The Morgan fingerprint density at radius 1 is 1.02 bits per heavy atom. The molecule has 0 radical (unpaired) electrons. The lowest BCUT2D eigenvalue weighted by Crippen LogP contribution is -2.38. The van der Waals surface area contributed by atoms with Crippen molar-refractivity contribution >= 4 is 17.7 Å². The second-order valence-corrected chi connectivity index (χ2v) is 13.8. The van der Waals surface area contributed by atoms with Crippen LogP contribution in [-0.4, -0.2) is 53.0 Å². The Balaban J connectivity index is 1.41. The Hall–Kier alpha value is -4.15. The van der Waals surface area contributed by atoms with E-state index in [4.69, 9.17) is 19.0 Å². The number of aromatic nitrogens is 1. The molecule has 1 aliphatic heterocycles. The summed E-state index contributed by atoms with van der Waals surface area (Å²) in [4.78, 5) is 35.4. The van der Waals surface area contributed by atoms with Crippen molar-refractivity contribution in [2.45, 2.75) is 85.4 Å².